The number of carbonyl (C=O) groups excluding carboxylic acids is 1. The molecule has 2 heterocycles. The van der Waals surface area contributed by atoms with Crippen molar-refractivity contribution in [1.29, 1.82) is 0 Å². The maximum atomic E-state index is 12.9. The van der Waals surface area contributed by atoms with Gasteiger partial charge in [-0.15, -0.1) is 0 Å². The van der Waals surface area contributed by atoms with Gasteiger partial charge in [0, 0.05) is 24.6 Å². The number of nitrogens with one attached hydrogen (secondary N) is 1. The molecule has 158 valence electrons. The van der Waals surface area contributed by atoms with Crippen molar-refractivity contribution < 1.29 is 22.7 Å². The van der Waals surface area contributed by atoms with Crippen molar-refractivity contribution in [2.75, 3.05) is 32.1 Å². The van der Waals surface area contributed by atoms with Gasteiger partial charge in [0.05, 0.1) is 34.9 Å². The predicted octanol–water partition coefficient (Wildman–Crippen LogP) is 3.37. The van der Waals surface area contributed by atoms with Crippen molar-refractivity contribution in [1.82, 2.24) is 9.29 Å². The molecular formula is C19H18ClN3O5S2. The highest BCUT2D eigenvalue weighted by Gasteiger charge is 2.25. The van der Waals surface area contributed by atoms with Gasteiger partial charge in [-0.3, -0.25) is 4.79 Å². The van der Waals surface area contributed by atoms with Crippen LogP contribution in [0.3, 0.4) is 0 Å². The summed E-state index contributed by atoms with van der Waals surface area (Å²) in [6.45, 7) is 0.590. The smallest absolute Gasteiger partial charge is 0.243 e. The van der Waals surface area contributed by atoms with Crippen LogP contribution in [0.25, 0.3) is 10.2 Å². The number of likely N-dealkylation sites (N-methyl/N-ethyl adjacent to an activating group) is 1. The Balaban J connectivity index is 1.47. The van der Waals surface area contributed by atoms with Gasteiger partial charge in [0.25, 0.3) is 0 Å². The Bertz CT molecular complexity index is 1210. The zero-order valence-electron chi connectivity index (χ0n) is 15.9. The van der Waals surface area contributed by atoms with Crippen LogP contribution in [0, 0.1) is 0 Å². The summed E-state index contributed by atoms with van der Waals surface area (Å²) < 4.78 is 38.7. The van der Waals surface area contributed by atoms with Gasteiger partial charge < -0.3 is 14.8 Å². The van der Waals surface area contributed by atoms with Crippen molar-refractivity contribution in [3.05, 3.63) is 41.4 Å². The highest BCUT2D eigenvalue weighted by atomic mass is 35.5. The molecule has 1 amide bonds. The average Bonchev–Trinajstić information content (AvgIpc) is 2.93. The Morgan fingerprint density at radius 1 is 1.20 bits per heavy atom. The summed E-state index contributed by atoms with van der Waals surface area (Å²) in [5.41, 5.74) is 0.702. The molecule has 1 N–H and O–H groups in total. The number of ether oxygens (including phenoxy) is 2. The Hall–Kier alpha value is -2.40. The summed E-state index contributed by atoms with van der Waals surface area (Å²) in [5.74, 6) is 0.378. The van der Waals surface area contributed by atoms with Crippen LogP contribution >= 0.6 is 22.9 Å². The summed E-state index contributed by atoms with van der Waals surface area (Å²) in [5, 5.41) is 3.59. The van der Waals surface area contributed by atoms with Crippen LogP contribution in [-0.4, -0.2) is 50.4 Å². The second-order valence-electron chi connectivity index (χ2n) is 6.60. The molecule has 1 aliphatic rings. The summed E-state index contributed by atoms with van der Waals surface area (Å²) >= 11 is 7.23. The van der Waals surface area contributed by atoms with Crippen molar-refractivity contribution in [3.63, 3.8) is 0 Å². The SMILES string of the molecule is CN(CC(=O)Nc1nc2ccc(Cl)cc2s1)S(=O)(=O)c1ccc2c(c1)OCCCO2. The van der Waals surface area contributed by atoms with Crippen molar-refractivity contribution in [3.8, 4) is 11.5 Å². The van der Waals surface area contributed by atoms with Crippen molar-refractivity contribution >= 4 is 54.2 Å². The number of hydrogen-bond acceptors (Lipinski definition) is 7. The number of sulfonamides is 1. The average molecular weight is 468 g/mol. The number of anilines is 1. The fourth-order valence-corrected chi connectivity index (χ4v) is 5.18. The highest BCUT2D eigenvalue weighted by Crippen LogP contribution is 2.33. The van der Waals surface area contributed by atoms with Gasteiger partial charge in [0.2, 0.25) is 15.9 Å². The first-order valence-corrected chi connectivity index (χ1v) is 11.7. The number of thiazole rings is 1. The molecule has 30 heavy (non-hydrogen) atoms. The quantitative estimate of drug-likeness (QED) is 0.617. The first kappa shape index (κ1) is 20.9. The van der Waals surface area contributed by atoms with Crippen LogP contribution in [0.15, 0.2) is 41.3 Å². The molecule has 0 atom stereocenters. The van der Waals surface area contributed by atoms with Gasteiger partial charge in [-0.05, 0) is 30.3 Å². The first-order chi connectivity index (χ1) is 14.3. The van der Waals surface area contributed by atoms with E-state index in [9.17, 15) is 13.2 Å². The van der Waals surface area contributed by atoms with E-state index in [1.54, 1.807) is 24.3 Å². The van der Waals surface area contributed by atoms with Crippen LogP contribution in [0.4, 0.5) is 5.13 Å². The lowest BCUT2D eigenvalue weighted by Crippen LogP contribution is -2.34. The summed E-state index contributed by atoms with van der Waals surface area (Å²) in [7, 11) is -2.56. The Labute approximate surface area is 182 Å². The van der Waals surface area contributed by atoms with Crippen molar-refractivity contribution in [2.24, 2.45) is 0 Å². The number of rotatable bonds is 5. The number of nitrogens with zero attached hydrogens (tertiary/aromatic N) is 2. The second kappa shape index (κ2) is 8.38. The number of fused-ring (bicyclic) bond motifs is 2. The Morgan fingerprint density at radius 3 is 2.77 bits per heavy atom. The molecule has 11 heteroatoms. The third-order valence-electron chi connectivity index (χ3n) is 4.39. The second-order valence-corrected chi connectivity index (χ2v) is 10.1. The Kier molecular flexibility index (Phi) is 5.83. The normalized spacial score (nSPS) is 14.0. The minimum absolute atomic E-state index is 0.0247. The van der Waals surface area contributed by atoms with E-state index in [1.807, 2.05) is 0 Å². The minimum atomic E-state index is -3.90. The number of carbonyl (C=O) groups is 1. The summed E-state index contributed by atoms with van der Waals surface area (Å²) in [6, 6.07) is 9.64. The summed E-state index contributed by atoms with van der Waals surface area (Å²) in [6.07, 6.45) is 0.717. The lowest BCUT2D eigenvalue weighted by atomic mass is 10.3. The van der Waals surface area contributed by atoms with Gasteiger partial charge in [0.15, 0.2) is 16.6 Å². The number of aromatic nitrogens is 1. The number of amides is 1. The van der Waals surface area contributed by atoms with Crippen LogP contribution in [0.1, 0.15) is 6.42 Å². The first-order valence-electron chi connectivity index (χ1n) is 9.05. The largest absolute Gasteiger partial charge is 0.490 e. The van der Waals surface area contributed by atoms with E-state index >= 15 is 0 Å². The predicted molar refractivity (Wildman–Crippen MR) is 115 cm³/mol. The van der Waals surface area contributed by atoms with Crippen LogP contribution in [-0.2, 0) is 14.8 Å². The van der Waals surface area contributed by atoms with Gasteiger partial charge in [-0.25, -0.2) is 13.4 Å². The highest BCUT2D eigenvalue weighted by molar-refractivity contribution is 7.89. The molecule has 1 aliphatic heterocycles. The molecule has 0 unspecified atom stereocenters. The third kappa shape index (κ3) is 4.36. The van der Waals surface area contributed by atoms with E-state index in [-0.39, 0.29) is 11.4 Å². The van der Waals surface area contributed by atoms with Crippen LogP contribution < -0.4 is 14.8 Å². The third-order valence-corrected chi connectivity index (χ3v) is 7.36. The topological polar surface area (TPSA) is 97.8 Å². The van der Waals surface area contributed by atoms with Crippen LogP contribution in [0.5, 0.6) is 11.5 Å². The van der Waals surface area contributed by atoms with Gasteiger partial charge >= 0.3 is 0 Å². The molecule has 3 aromatic rings. The maximum absolute atomic E-state index is 12.9. The van der Waals surface area contributed by atoms with E-state index in [1.165, 1.54) is 30.5 Å². The fourth-order valence-electron chi connectivity index (χ4n) is 2.88. The molecule has 0 spiro atoms. The minimum Gasteiger partial charge on any atom is -0.490 e. The molecule has 1 aromatic heterocycles. The molecule has 0 saturated heterocycles. The molecule has 0 fully saturated rings. The van der Waals surface area contributed by atoms with Crippen LogP contribution in [0.2, 0.25) is 5.02 Å². The van der Waals surface area contributed by atoms with Gasteiger partial charge in [0.1, 0.15) is 0 Å². The zero-order valence-corrected chi connectivity index (χ0v) is 18.3. The molecule has 4 rings (SSSR count). The monoisotopic (exact) mass is 467 g/mol. The fraction of sp³-hybridized carbons (Fsp3) is 0.263. The molecular weight excluding hydrogens is 450 g/mol. The number of benzene rings is 2. The lowest BCUT2D eigenvalue weighted by molar-refractivity contribution is -0.116. The molecule has 0 bridgehead atoms. The Morgan fingerprint density at radius 2 is 1.97 bits per heavy atom. The standard InChI is InChI=1S/C19H18ClN3O5S2/c1-23(11-18(24)22-19-21-14-5-3-12(20)9-17(14)29-19)30(25,26)13-4-6-15-16(10-13)28-8-2-7-27-15/h3-6,9-10H,2,7-8,11H2,1H3,(H,21,22,24). The molecule has 0 saturated carbocycles. The van der Waals surface area contributed by atoms with E-state index < -0.39 is 15.9 Å². The zero-order chi connectivity index (χ0) is 21.3. The molecule has 0 aliphatic carbocycles. The lowest BCUT2D eigenvalue weighted by Gasteiger charge is -2.17. The molecule has 8 nitrogen and oxygen atoms in total. The van der Waals surface area contributed by atoms with Gasteiger partial charge in [-0.2, -0.15) is 4.31 Å². The number of hydrogen-bond donors (Lipinski definition) is 1. The van der Waals surface area contributed by atoms with E-state index in [0.717, 1.165) is 15.4 Å². The van der Waals surface area contributed by atoms with Crippen molar-refractivity contribution in [2.45, 2.75) is 11.3 Å². The molecule has 2 aromatic carbocycles. The van der Waals surface area contributed by atoms with Gasteiger partial charge in [-0.1, -0.05) is 22.9 Å². The summed E-state index contributed by atoms with van der Waals surface area (Å²) in [4.78, 5) is 16.7. The van der Waals surface area contributed by atoms with E-state index in [0.29, 0.717) is 40.4 Å². The van der Waals surface area contributed by atoms with E-state index in [2.05, 4.69) is 10.3 Å². The maximum Gasteiger partial charge on any atom is 0.243 e. The van der Waals surface area contributed by atoms with E-state index in [4.69, 9.17) is 21.1 Å². The molecule has 0 radical (unpaired) electrons. The number of halogens is 1.